The van der Waals surface area contributed by atoms with Crippen molar-refractivity contribution >= 4 is 33.7 Å². The lowest BCUT2D eigenvalue weighted by molar-refractivity contribution is 0.102. The summed E-state index contributed by atoms with van der Waals surface area (Å²) >= 11 is 0. The first-order chi connectivity index (χ1) is 13.3. The predicted octanol–water partition coefficient (Wildman–Crippen LogP) is 3.15. The van der Waals surface area contributed by atoms with Gasteiger partial charge in [0.1, 0.15) is 5.69 Å². The minimum absolute atomic E-state index is 0.266. The quantitative estimate of drug-likeness (QED) is 0.460. The van der Waals surface area contributed by atoms with Crippen molar-refractivity contribution in [2.75, 3.05) is 5.32 Å². The van der Waals surface area contributed by atoms with Gasteiger partial charge in [-0.1, -0.05) is 12.1 Å². The number of amides is 1. The van der Waals surface area contributed by atoms with E-state index in [0.717, 1.165) is 21.9 Å². The highest BCUT2D eigenvalue weighted by Crippen LogP contribution is 2.26. The Morgan fingerprint density at radius 3 is 2.81 bits per heavy atom. The monoisotopic (exact) mass is 355 g/mol. The normalized spacial score (nSPS) is 11.1. The van der Waals surface area contributed by atoms with Gasteiger partial charge in [-0.05, 0) is 30.3 Å². The number of aromatic nitrogens is 6. The number of benzene rings is 2. The molecule has 1 amide bonds. The van der Waals surface area contributed by atoms with Gasteiger partial charge in [0.15, 0.2) is 11.6 Å². The van der Waals surface area contributed by atoms with E-state index in [1.165, 1.54) is 12.4 Å². The molecule has 8 heteroatoms. The third kappa shape index (κ3) is 2.69. The molecule has 0 bridgehead atoms. The van der Waals surface area contributed by atoms with Crippen molar-refractivity contribution in [3.63, 3.8) is 0 Å². The summed E-state index contributed by atoms with van der Waals surface area (Å²) in [5.74, 6) is 0.812. The van der Waals surface area contributed by atoms with Gasteiger partial charge >= 0.3 is 0 Å². The standard InChI is InChI=1S/C19H13N7O/c27-19(24-16-10-20-7-8-21-16)11-5-6-12-15(9-11)25-26-17(12)18-22-13-3-1-2-4-14(13)23-18/h1-10H,(H,22,23)(H,25,26)(H,21,24,27). The number of fused-ring (bicyclic) bond motifs is 2. The highest BCUT2D eigenvalue weighted by Gasteiger charge is 2.14. The van der Waals surface area contributed by atoms with Crippen LogP contribution in [0.4, 0.5) is 5.82 Å². The van der Waals surface area contributed by atoms with Gasteiger partial charge in [-0.25, -0.2) is 9.97 Å². The Bertz CT molecular complexity index is 1240. The van der Waals surface area contributed by atoms with Gasteiger partial charge < -0.3 is 10.3 Å². The molecule has 5 rings (SSSR count). The van der Waals surface area contributed by atoms with Gasteiger partial charge in [-0.15, -0.1) is 0 Å². The average molecular weight is 355 g/mol. The summed E-state index contributed by atoms with van der Waals surface area (Å²) in [6.45, 7) is 0. The average Bonchev–Trinajstić information content (AvgIpc) is 3.31. The van der Waals surface area contributed by atoms with Crippen molar-refractivity contribution in [3.05, 3.63) is 66.6 Å². The molecule has 0 aliphatic carbocycles. The maximum Gasteiger partial charge on any atom is 0.256 e. The van der Waals surface area contributed by atoms with E-state index in [9.17, 15) is 4.79 Å². The van der Waals surface area contributed by atoms with Gasteiger partial charge in [0.2, 0.25) is 0 Å². The zero-order chi connectivity index (χ0) is 18.2. The van der Waals surface area contributed by atoms with E-state index in [1.807, 2.05) is 30.3 Å². The van der Waals surface area contributed by atoms with Crippen LogP contribution in [0.15, 0.2) is 61.1 Å². The molecule has 3 heterocycles. The first kappa shape index (κ1) is 15.2. The van der Waals surface area contributed by atoms with E-state index < -0.39 is 0 Å². The van der Waals surface area contributed by atoms with Crippen molar-refractivity contribution in [3.8, 4) is 11.5 Å². The van der Waals surface area contributed by atoms with Gasteiger partial charge in [0.05, 0.1) is 22.7 Å². The third-order valence-corrected chi connectivity index (χ3v) is 4.24. The minimum Gasteiger partial charge on any atom is -0.337 e. The van der Waals surface area contributed by atoms with Gasteiger partial charge in [0.25, 0.3) is 5.91 Å². The number of para-hydroxylation sites is 2. The smallest absolute Gasteiger partial charge is 0.256 e. The summed E-state index contributed by atoms with van der Waals surface area (Å²) < 4.78 is 0. The molecular weight excluding hydrogens is 342 g/mol. The molecule has 0 atom stereocenters. The molecule has 0 radical (unpaired) electrons. The maximum absolute atomic E-state index is 12.4. The SMILES string of the molecule is O=C(Nc1cnccn1)c1ccc2c(-c3nc4ccccc4[nH]3)n[nH]c2c1. The molecule has 0 aliphatic rings. The predicted molar refractivity (Wildman–Crippen MR) is 101 cm³/mol. The zero-order valence-corrected chi connectivity index (χ0v) is 14.0. The first-order valence-electron chi connectivity index (χ1n) is 8.28. The summed E-state index contributed by atoms with van der Waals surface area (Å²) in [7, 11) is 0. The maximum atomic E-state index is 12.4. The van der Waals surface area contributed by atoms with Crippen LogP contribution in [0.5, 0.6) is 0 Å². The van der Waals surface area contributed by atoms with E-state index in [2.05, 4.69) is 35.5 Å². The second-order valence-electron chi connectivity index (χ2n) is 5.98. The van der Waals surface area contributed by atoms with Crippen LogP contribution in [0.1, 0.15) is 10.4 Å². The number of hydrogen-bond acceptors (Lipinski definition) is 5. The van der Waals surface area contributed by atoms with E-state index in [0.29, 0.717) is 22.9 Å². The van der Waals surface area contributed by atoms with Crippen molar-refractivity contribution in [1.82, 2.24) is 30.1 Å². The lowest BCUT2D eigenvalue weighted by Crippen LogP contribution is -2.12. The summed E-state index contributed by atoms with van der Waals surface area (Å²) in [6, 6.07) is 13.2. The van der Waals surface area contributed by atoms with Crippen LogP contribution in [0.3, 0.4) is 0 Å². The zero-order valence-electron chi connectivity index (χ0n) is 14.0. The van der Waals surface area contributed by atoms with Crippen LogP contribution >= 0.6 is 0 Å². The van der Waals surface area contributed by atoms with E-state index in [-0.39, 0.29) is 5.91 Å². The number of hydrogen-bond donors (Lipinski definition) is 3. The Labute approximate surface area is 152 Å². The highest BCUT2D eigenvalue weighted by molar-refractivity contribution is 6.06. The van der Waals surface area contributed by atoms with E-state index in [1.54, 1.807) is 18.3 Å². The molecule has 0 fully saturated rings. The highest BCUT2D eigenvalue weighted by atomic mass is 16.1. The summed E-state index contributed by atoms with van der Waals surface area (Å²) in [5.41, 5.74) is 3.78. The second kappa shape index (κ2) is 6.03. The number of nitrogens with zero attached hydrogens (tertiary/aromatic N) is 4. The third-order valence-electron chi connectivity index (χ3n) is 4.24. The fraction of sp³-hybridized carbons (Fsp3) is 0. The first-order valence-corrected chi connectivity index (χ1v) is 8.28. The van der Waals surface area contributed by atoms with Crippen molar-refractivity contribution < 1.29 is 4.79 Å². The van der Waals surface area contributed by atoms with Crippen LogP contribution in [0, 0.1) is 0 Å². The minimum atomic E-state index is -0.266. The van der Waals surface area contributed by atoms with Crippen LogP contribution < -0.4 is 5.32 Å². The molecular formula is C19H13N7O. The number of carbonyl (C=O) groups is 1. The van der Waals surface area contributed by atoms with E-state index in [4.69, 9.17) is 0 Å². The lowest BCUT2D eigenvalue weighted by Gasteiger charge is -2.03. The summed E-state index contributed by atoms with van der Waals surface area (Å²) in [4.78, 5) is 28.3. The molecule has 27 heavy (non-hydrogen) atoms. The number of carbonyl (C=O) groups excluding carboxylic acids is 1. The fourth-order valence-electron chi connectivity index (χ4n) is 2.96. The Morgan fingerprint density at radius 1 is 1.04 bits per heavy atom. The molecule has 8 nitrogen and oxygen atoms in total. The van der Waals surface area contributed by atoms with Gasteiger partial charge in [-0.3, -0.25) is 14.9 Å². The molecule has 0 spiro atoms. The van der Waals surface area contributed by atoms with E-state index >= 15 is 0 Å². The Balaban J connectivity index is 1.50. The second-order valence-corrected chi connectivity index (χ2v) is 5.98. The number of rotatable bonds is 3. The van der Waals surface area contributed by atoms with Crippen molar-refractivity contribution in [2.45, 2.75) is 0 Å². The summed E-state index contributed by atoms with van der Waals surface area (Å²) in [6.07, 6.45) is 4.56. The molecule has 2 aromatic carbocycles. The number of aromatic amines is 2. The van der Waals surface area contributed by atoms with Crippen molar-refractivity contribution in [1.29, 1.82) is 0 Å². The Hall–Kier alpha value is -4.07. The van der Waals surface area contributed by atoms with Crippen LogP contribution in [0.25, 0.3) is 33.5 Å². The fourth-order valence-corrected chi connectivity index (χ4v) is 2.96. The molecule has 3 N–H and O–H groups in total. The molecule has 5 aromatic rings. The van der Waals surface area contributed by atoms with Crippen LogP contribution in [0.2, 0.25) is 0 Å². The molecule has 0 aliphatic heterocycles. The number of anilines is 1. The number of nitrogens with one attached hydrogen (secondary N) is 3. The van der Waals surface area contributed by atoms with Gasteiger partial charge in [0, 0.05) is 23.3 Å². The molecule has 130 valence electrons. The largest absolute Gasteiger partial charge is 0.337 e. The summed E-state index contributed by atoms with van der Waals surface area (Å²) in [5, 5.41) is 10.9. The lowest BCUT2D eigenvalue weighted by atomic mass is 10.1. The Kier molecular flexibility index (Phi) is 3.39. The molecule has 0 saturated heterocycles. The van der Waals surface area contributed by atoms with Gasteiger partial charge in [-0.2, -0.15) is 5.10 Å². The van der Waals surface area contributed by atoms with Crippen LogP contribution in [-0.2, 0) is 0 Å². The Morgan fingerprint density at radius 2 is 1.96 bits per heavy atom. The number of H-pyrrole nitrogens is 2. The number of imidazole rings is 1. The molecule has 0 unspecified atom stereocenters. The molecule has 3 aromatic heterocycles. The van der Waals surface area contributed by atoms with Crippen molar-refractivity contribution in [2.24, 2.45) is 0 Å². The molecule has 0 saturated carbocycles. The topological polar surface area (TPSA) is 112 Å². The van der Waals surface area contributed by atoms with Crippen LogP contribution in [-0.4, -0.2) is 36.0 Å².